The van der Waals surface area contributed by atoms with Crippen LogP contribution in [0.15, 0.2) is 57.9 Å². The zero-order valence-electron chi connectivity index (χ0n) is 13.1. The van der Waals surface area contributed by atoms with E-state index in [0.29, 0.717) is 23.0 Å². The van der Waals surface area contributed by atoms with Gasteiger partial charge in [-0.3, -0.25) is 4.79 Å². The minimum Gasteiger partial charge on any atom is -0.339 e. The number of carbonyl (C=O) groups is 1. The molecule has 0 bridgehead atoms. The van der Waals surface area contributed by atoms with E-state index in [4.69, 9.17) is 9.66 Å². The van der Waals surface area contributed by atoms with Crippen LogP contribution >= 0.6 is 0 Å². The number of rotatable bonds is 4. The summed E-state index contributed by atoms with van der Waals surface area (Å²) in [7, 11) is -3.76. The Hall–Kier alpha value is -3.04. The number of nitrogens with two attached hydrogens (primary N) is 1. The van der Waals surface area contributed by atoms with Gasteiger partial charge in [-0.2, -0.15) is 4.98 Å². The summed E-state index contributed by atoms with van der Waals surface area (Å²) in [6.07, 6.45) is 0. The van der Waals surface area contributed by atoms with E-state index < -0.39 is 10.0 Å². The first kappa shape index (κ1) is 16.8. The molecule has 0 fully saturated rings. The Morgan fingerprint density at radius 3 is 2.24 bits per heavy atom. The third-order valence-corrected chi connectivity index (χ3v) is 4.30. The first-order valence-electron chi connectivity index (χ1n) is 7.18. The first-order chi connectivity index (χ1) is 11.8. The van der Waals surface area contributed by atoms with Crippen LogP contribution in [-0.2, 0) is 10.0 Å². The Bertz CT molecular complexity index is 1010. The lowest BCUT2D eigenvalue weighted by molar-refractivity contribution is 0.102. The number of amides is 1. The van der Waals surface area contributed by atoms with Gasteiger partial charge in [0.05, 0.1) is 4.90 Å². The largest absolute Gasteiger partial charge is 0.339 e. The second-order valence-electron chi connectivity index (χ2n) is 5.24. The molecule has 1 heterocycles. The first-order valence-corrected chi connectivity index (χ1v) is 8.72. The van der Waals surface area contributed by atoms with Crippen molar-refractivity contribution in [3.63, 3.8) is 0 Å². The molecule has 0 unspecified atom stereocenters. The number of sulfonamides is 1. The Balaban J connectivity index is 1.73. The van der Waals surface area contributed by atoms with Gasteiger partial charge in [-0.15, -0.1) is 0 Å². The van der Waals surface area contributed by atoms with E-state index in [1.54, 1.807) is 31.2 Å². The van der Waals surface area contributed by atoms with Crippen LogP contribution in [0.4, 0.5) is 5.69 Å². The summed E-state index contributed by atoms with van der Waals surface area (Å²) in [4.78, 5) is 16.3. The zero-order chi connectivity index (χ0) is 18.0. The third kappa shape index (κ3) is 3.90. The molecule has 0 saturated carbocycles. The van der Waals surface area contributed by atoms with Crippen molar-refractivity contribution in [2.75, 3.05) is 5.32 Å². The molecule has 1 aromatic heterocycles. The van der Waals surface area contributed by atoms with Crippen molar-refractivity contribution in [1.29, 1.82) is 0 Å². The number of hydrogen-bond donors (Lipinski definition) is 2. The van der Waals surface area contributed by atoms with Crippen LogP contribution in [0.3, 0.4) is 0 Å². The molecule has 0 atom stereocenters. The van der Waals surface area contributed by atoms with E-state index >= 15 is 0 Å². The van der Waals surface area contributed by atoms with Crippen LogP contribution in [0.25, 0.3) is 11.4 Å². The number of primary sulfonamides is 1. The molecule has 1 amide bonds. The summed E-state index contributed by atoms with van der Waals surface area (Å²) in [5.41, 5.74) is 1.61. The third-order valence-electron chi connectivity index (χ3n) is 3.37. The second kappa shape index (κ2) is 6.46. The summed E-state index contributed by atoms with van der Waals surface area (Å²) < 4.78 is 27.3. The number of hydrogen-bond acceptors (Lipinski definition) is 6. The van der Waals surface area contributed by atoms with Crippen molar-refractivity contribution in [3.05, 3.63) is 60.0 Å². The van der Waals surface area contributed by atoms with Crippen LogP contribution in [0.2, 0.25) is 0 Å². The number of nitrogens with one attached hydrogen (secondary N) is 1. The average Bonchev–Trinajstić information content (AvgIpc) is 3.01. The van der Waals surface area contributed by atoms with Crippen molar-refractivity contribution in [2.45, 2.75) is 11.8 Å². The summed E-state index contributed by atoms with van der Waals surface area (Å²) in [5, 5.41) is 11.5. The van der Waals surface area contributed by atoms with Gasteiger partial charge in [-0.1, -0.05) is 17.3 Å². The van der Waals surface area contributed by atoms with Crippen LogP contribution in [0.5, 0.6) is 0 Å². The van der Waals surface area contributed by atoms with Gasteiger partial charge in [0.1, 0.15) is 0 Å². The molecule has 0 spiro atoms. The molecule has 3 N–H and O–H groups in total. The molecule has 0 aliphatic heterocycles. The van der Waals surface area contributed by atoms with Crippen molar-refractivity contribution in [1.82, 2.24) is 10.1 Å². The fourth-order valence-corrected chi connectivity index (χ4v) is 2.63. The monoisotopic (exact) mass is 358 g/mol. The highest BCUT2D eigenvalue weighted by Gasteiger charge is 2.11. The highest BCUT2D eigenvalue weighted by atomic mass is 32.2. The van der Waals surface area contributed by atoms with E-state index in [1.165, 1.54) is 24.3 Å². The Kier molecular flexibility index (Phi) is 4.34. The van der Waals surface area contributed by atoms with E-state index in [-0.39, 0.29) is 10.8 Å². The molecule has 0 radical (unpaired) electrons. The van der Waals surface area contributed by atoms with Crippen molar-refractivity contribution in [2.24, 2.45) is 5.14 Å². The molecule has 8 nitrogen and oxygen atoms in total. The van der Waals surface area contributed by atoms with Gasteiger partial charge >= 0.3 is 0 Å². The molecule has 0 aliphatic rings. The fraction of sp³-hybridized carbons (Fsp3) is 0.0625. The lowest BCUT2D eigenvalue weighted by Crippen LogP contribution is -2.13. The van der Waals surface area contributed by atoms with Gasteiger partial charge in [-0.25, -0.2) is 13.6 Å². The van der Waals surface area contributed by atoms with E-state index in [2.05, 4.69) is 15.5 Å². The number of carbonyl (C=O) groups excluding carboxylic acids is 1. The zero-order valence-corrected chi connectivity index (χ0v) is 13.9. The van der Waals surface area contributed by atoms with Gasteiger partial charge in [0, 0.05) is 23.7 Å². The standard InChI is InChI=1S/C16H14N4O4S/c1-10-18-15(20-24-10)11-2-4-12(5-3-11)16(21)19-13-6-8-14(9-7-13)25(17,22)23/h2-9H,1H3,(H,19,21)(H2,17,22,23). The SMILES string of the molecule is Cc1nc(-c2ccc(C(=O)Nc3ccc(S(N)(=O)=O)cc3)cc2)no1. The molecule has 9 heteroatoms. The van der Waals surface area contributed by atoms with Gasteiger partial charge in [0.15, 0.2) is 0 Å². The van der Waals surface area contributed by atoms with Crippen molar-refractivity contribution >= 4 is 21.6 Å². The molecule has 3 aromatic rings. The Morgan fingerprint density at radius 1 is 1.08 bits per heavy atom. The smallest absolute Gasteiger partial charge is 0.255 e. The van der Waals surface area contributed by atoms with Crippen molar-refractivity contribution < 1.29 is 17.7 Å². The minimum absolute atomic E-state index is 0.0229. The molecule has 3 rings (SSSR count). The highest BCUT2D eigenvalue weighted by molar-refractivity contribution is 7.89. The Morgan fingerprint density at radius 2 is 1.72 bits per heavy atom. The maximum absolute atomic E-state index is 12.2. The number of benzene rings is 2. The average molecular weight is 358 g/mol. The molecular weight excluding hydrogens is 344 g/mol. The van der Waals surface area contributed by atoms with Crippen LogP contribution in [0, 0.1) is 6.92 Å². The van der Waals surface area contributed by atoms with Gasteiger partial charge in [0.25, 0.3) is 5.91 Å². The lowest BCUT2D eigenvalue weighted by atomic mass is 10.1. The molecule has 128 valence electrons. The van der Waals surface area contributed by atoms with Crippen LogP contribution < -0.4 is 10.5 Å². The number of aromatic nitrogens is 2. The van der Waals surface area contributed by atoms with Gasteiger partial charge < -0.3 is 9.84 Å². The maximum Gasteiger partial charge on any atom is 0.255 e. The second-order valence-corrected chi connectivity index (χ2v) is 6.80. The molecule has 25 heavy (non-hydrogen) atoms. The topological polar surface area (TPSA) is 128 Å². The fourth-order valence-electron chi connectivity index (χ4n) is 2.12. The number of anilines is 1. The Labute approximate surface area is 143 Å². The number of nitrogens with zero attached hydrogens (tertiary/aromatic N) is 2. The van der Waals surface area contributed by atoms with Crippen molar-refractivity contribution in [3.8, 4) is 11.4 Å². The quantitative estimate of drug-likeness (QED) is 0.733. The minimum atomic E-state index is -3.76. The summed E-state index contributed by atoms with van der Waals surface area (Å²) in [5.74, 6) is 0.571. The van der Waals surface area contributed by atoms with Gasteiger partial charge in [-0.05, 0) is 36.4 Å². The normalized spacial score (nSPS) is 11.3. The number of aryl methyl sites for hydroxylation is 1. The molecule has 2 aromatic carbocycles. The lowest BCUT2D eigenvalue weighted by Gasteiger charge is -2.06. The predicted octanol–water partition coefficient (Wildman–Crippen LogP) is 1.94. The summed E-state index contributed by atoms with van der Waals surface area (Å²) in [6, 6.07) is 12.3. The van der Waals surface area contributed by atoms with E-state index in [9.17, 15) is 13.2 Å². The van der Waals surface area contributed by atoms with Crippen LogP contribution in [0.1, 0.15) is 16.2 Å². The molecule has 0 aliphatic carbocycles. The van der Waals surface area contributed by atoms with Crippen LogP contribution in [-0.4, -0.2) is 24.5 Å². The van der Waals surface area contributed by atoms with E-state index in [0.717, 1.165) is 5.56 Å². The maximum atomic E-state index is 12.2. The van der Waals surface area contributed by atoms with Gasteiger partial charge in [0.2, 0.25) is 21.7 Å². The van der Waals surface area contributed by atoms with E-state index in [1.807, 2.05) is 0 Å². The highest BCUT2D eigenvalue weighted by Crippen LogP contribution is 2.18. The summed E-state index contributed by atoms with van der Waals surface area (Å²) >= 11 is 0. The molecule has 0 saturated heterocycles. The summed E-state index contributed by atoms with van der Waals surface area (Å²) in [6.45, 7) is 1.69. The predicted molar refractivity (Wildman–Crippen MR) is 90.2 cm³/mol. The molecular formula is C16H14N4O4S.